The fourth-order valence-electron chi connectivity index (χ4n) is 1.20. The number of nitriles is 2. The molecule has 1 rings (SSSR count). The summed E-state index contributed by atoms with van der Waals surface area (Å²) in [6.07, 6.45) is 1.06. The lowest BCUT2D eigenvalue weighted by Crippen LogP contribution is -1.94. The largest absolute Gasteiger partial charge is 0.198 e. The molecule has 64 valence electrons. The van der Waals surface area contributed by atoms with Gasteiger partial charge in [-0.05, 0) is 12.0 Å². The third-order valence-electron chi connectivity index (χ3n) is 1.90. The molecule has 2 heteroatoms. The zero-order chi connectivity index (χ0) is 9.52. The van der Waals surface area contributed by atoms with E-state index in [1.165, 1.54) is 0 Å². The summed E-state index contributed by atoms with van der Waals surface area (Å²) in [4.78, 5) is 0. The molecule has 1 aromatic rings. The van der Waals surface area contributed by atoms with Crippen LogP contribution in [0.2, 0.25) is 0 Å². The van der Waals surface area contributed by atoms with Gasteiger partial charge in [0, 0.05) is 6.42 Å². The minimum atomic E-state index is -0.138. The number of benzene rings is 1. The molecule has 0 aromatic heterocycles. The molecule has 0 amide bonds. The van der Waals surface area contributed by atoms with E-state index >= 15 is 0 Å². The van der Waals surface area contributed by atoms with Gasteiger partial charge in [-0.3, -0.25) is 0 Å². The minimum absolute atomic E-state index is 0.138. The van der Waals surface area contributed by atoms with Gasteiger partial charge in [0.05, 0.1) is 18.1 Å². The quantitative estimate of drug-likeness (QED) is 0.700. The van der Waals surface area contributed by atoms with E-state index in [2.05, 4.69) is 12.1 Å². The van der Waals surface area contributed by atoms with Gasteiger partial charge >= 0.3 is 0 Å². The first-order chi connectivity index (χ1) is 6.38. The first-order valence-electron chi connectivity index (χ1n) is 4.20. The normalized spacial score (nSPS) is 11.2. The third kappa shape index (κ3) is 2.61. The number of rotatable bonds is 3. The molecule has 0 aliphatic heterocycles. The molecule has 13 heavy (non-hydrogen) atoms. The van der Waals surface area contributed by atoms with Crippen molar-refractivity contribution in [3.05, 3.63) is 35.9 Å². The molecule has 0 bridgehead atoms. The molecule has 0 spiro atoms. The first kappa shape index (κ1) is 9.29. The van der Waals surface area contributed by atoms with Crippen LogP contribution in [0, 0.1) is 22.7 Å². The average Bonchev–Trinajstić information content (AvgIpc) is 2.21. The maximum atomic E-state index is 8.85. The van der Waals surface area contributed by atoms with Crippen molar-refractivity contribution in [3.8, 4) is 12.1 Å². The maximum absolute atomic E-state index is 8.85. The number of nitrogens with zero attached hydrogens (tertiary/aromatic N) is 2. The summed E-state index contributed by atoms with van der Waals surface area (Å²) in [6.45, 7) is 0. The summed E-state index contributed by atoms with van der Waals surface area (Å²) in [5.41, 5.74) is 1.00. The molecule has 0 aliphatic rings. The highest BCUT2D eigenvalue weighted by molar-refractivity contribution is 5.24. The van der Waals surface area contributed by atoms with Crippen molar-refractivity contribution in [1.82, 2.24) is 0 Å². The molecule has 0 saturated carbocycles. The predicted molar refractivity (Wildman–Crippen MR) is 49.6 cm³/mol. The van der Waals surface area contributed by atoms with Crippen LogP contribution in [0.15, 0.2) is 30.3 Å². The molecule has 2 nitrogen and oxygen atoms in total. The second kappa shape index (κ2) is 4.95. The van der Waals surface area contributed by atoms with E-state index < -0.39 is 0 Å². The van der Waals surface area contributed by atoms with Crippen LogP contribution < -0.4 is 0 Å². The monoisotopic (exact) mass is 170 g/mol. The van der Waals surface area contributed by atoms with E-state index in [0.717, 1.165) is 5.56 Å². The lowest BCUT2D eigenvalue weighted by atomic mass is 9.96. The van der Waals surface area contributed by atoms with Gasteiger partial charge in [-0.1, -0.05) is 30.3 Å². The van der Waals surface area contributed by atoms with E-state index in [9.17, 15) is 0 Å². The van der Waals surface area contributed by atoms with Gasteiger partial charge in [0.15, 0.2) is 0 Å². The van der Waals surface area contributed by atoms with Crippen LogP contribution >= 0.6 is 0 Å². The maximum Gasteiger partial charge on any atom is 0.0722 e. The number of hydrogen-bond donors (Lipinski definition) is 0. The first-order valence-corrected chi connectivity index (χ1v) is 4.20. The second-order valence-corrected chi connectivity index (χ2v) is 2.79. The van der Waals surface area contributed by atoms with Gasteiger partial charge in [0.1, 0.15) is 0 Å². The van der Waals surface area contributed by atoms with Crippen LogP contribution in [0.5, 0.6) is 0 Å². The number of hydrogen-bond acceptors (Lipinski definition) is 2. The SMILES string of the molecule is N#CCC[C@@H](C#N)c1ccccc1. The summed E-state index contributed by atoms with van der Waals surface area (Å²) in [5, 5.41) is 17.2. The van der Waals surface area contributed by atoms with Gasteiger partial charge in [0.25, 0.3) is 0 Å². The Hall–Kier alpha value is -1.80. The summed E-state index contributed by atoms with van der Waals surface area (Å²) < 4.78 is 0. The lowest BCUT2D eigenvalue weighted by Gasteiger charge is -2.05. The summed E-state index contributed by atoms with van der Waals surface area (Å²) in [6, 6.07) is 13.8. The Morgan fingerprint density at radius 1 is 1.15 bits per heavy atom. The lowest BCUT2D eigenvalue weighted by molar-refractivity contribution is 0.768. The molecule has 1 aromatic carbocycles. The highest BCUT2D eigenvalue weighted by atomic mass is 14.3. The summed E-state index contributed by atoms with van der Waals surface area (Å²) in [7, 11) is 0. The van der Waals surface area contributed by atoms with E-state index in [1.54, 1.807) is 0 Å². The van der Waals surface area contributed by atoms with Crippen LogP contribution in [0.25, 0.3) is 0 Å². The summed E-state index contributed by atoms with van der Waals surface area (Å²) in [5.74, 6) is -0.138. The van der Waals surface area contributed by atoms with Crippen LogP contribution in [-0.4, -0.2) is 0 Å². The average molecular weight is 170 g/mol. The van der Waals surface area contributed by atoms with Crippen molar-refractivity contribution >= 4 is 0 Å². The van der Waals surface area contributed by atoms with Crippen LogP contribution in [0.1, 0.15) is 24.3 Å². The van der Waals surface area contributed by atoms with Crippen molar-refractivity contribution in [1.29, 1.82) is 10.5 Å². The molecule has 0 fully saturated rings. The zero-order valence-corrected chi connectivity index (χ0v) is 7.27. The molecule has 0 unspecified atom stereocenters. The van der Waals surface area contributed by atoms with Gasteiger partial charge < -0.3 is 0 Å². The van der Waals surface area contributed by atoms with E-state index in [4.69, 9.17) is 10.5 Å². The molecular formula is C11H10N2. The van der Waals surface area contributed by atoms with Crippen LogP contribution in [-0.2, 0) is 0 Å². The van der Waals surface area contributed by atoms with Gasteiger partial charge in [-0.2, -0.15) is 10.5 Å². The third-order valence-corrected chi connectivity index (χ3v) is 1.90. The molecule has 1 atom stereocenters. The minimum Gasteiger partial charge on any atom is -0.198 e. The summed E-state index contributed by atoms with van der Waals surface area (Å²) >= 11 is 0. The van der Waals surface area contributed by atoms with Gasteiger partial charge in [-0.25, -0.2) is 0 Å². The second-order valence-electron chi connectivity index (χ2n) is 2.79. The Labute approximate surface area is 78.0 Å². The van der Waals surface area contributed by atoms with E-state index in [0.29, 0.717) is 12.8 Å². The molecule has 0 radical (unpaired) electrons. The standard InChI is InChI=1S/C11H10N2/c12-8-4-7-11(9-13)10-5-2-1-3-6-10/h1-3,5-6,11H,4,7H2/t11-/m0/s1. The Bertz CT molecular complexity index is 329. The molecule has 0 aliphatic carbocycles. The molecule has 0 N–H and O–H groups in total. The zero-order valence-electron chi connectivity index (χ0n) is 7.27. The molecule has 0 heterocycles. The van der Waals surface area contributed by atoms with Crippen molar-refractivity contribution in [2.45, 2.75) is 18.8 Å². The molecular weight excluding hydrogens is 160 g/mol. The van der Waals surface area contributed by atoms with Crippen molar-refractivity contribution < 1.29 is 0 Å². The topological polar surface area (TPSA) is 47.6 Å². The van der Waals surface area contributed by atoms with E-state index in [-0.39, 0.29) is 5.92 Å². The van der Waals surface area contributed by atoms with Crippen LogP contribution in [0.4, 0.5) is 0 Å². The van der Waals surface area contributed by atoms with Crippen molar-refractivity contribution in [2.24, 2.45) is 0 Å². The Morgan fingerprint density at radius 2 is 1.85 bits per heavy atom. The van der Waals surface area contributed by atoms with Crippen LogP contribution in [0.3, 0.4) is 0 Å². The fraction of sp³-hybridized carbons (Fsp3) is 0.273. The smallest absolute Gasteiger partial charge is 0.0722 e. The van der Waals surface area contributed by atoms with Crippen molar-refractivity contribution in [2.75, 3.05) is 0 Å². The predicted octanol–water partition coefficient (Wildman–Crippen LogP) is 2.60. The highest BCUT2D eigenvalue weighted by Gasteiger charge is 2.08. The van der Waals surface area contributed by atoms with E-state index in [1.807, 2.05) is 30.3 Å². The Morgan fingerprint density at radius 3 is 2.38 bits per heavy atom. The Kier molecular flexibility index (Phi) is 3.54. The fourth-order valence-corrected chi connectivity index (χ4v) is 1.20. The Balaban J connectivity index is 2.70. The van der Waals surface area contributed by atoms with Gasteiger partial charge in [0.2, 0.25) is 0 Å². The van der Waals surface area contributed by atoms with Crippen molar-refractivity contribution in [3.63, 3.8) is 0 Å². The van der Waals surface area contributed by atoms with Gasteiger partial charge in [-0.15, -0.1) is 0 Å². The highest BCUT2D eigenvalue weighted by Crippen LogP contribution is 2.19. The molecule has 0 saturated heterocycles.